The van der Waals surface area contributed by atoms with E-state index in [1.807, 2.05) is 56.3 Å². The van der Waals surface area contributed by atoms with Crippen molar-refractivity contribution in [1.29, 1.82) is 0 Å². The Morgan fingerprint density at radius 3 is 2.24 bits per heavy atom. The number of fused-ring (bicyclic) bond motifs is 1. The molecule has 4 rings (SSSR count). The molecule has 218 valence electrons. The van der Waals surface area contributed by atoms with Crippen LogP contribution in [0, 0.1) is 5.92 Å². The second-order valence-corrected chi connectivity index (χ2v) is 10.6. The highest BCUT2D eigenvalue weighted by Gasteiger charge is 2.23. The normalized spacial score (nSPS) is 12.5. The molecular weight excluding hydrogens is 534 g/mol. The number of hydrogen-bond acceptors (Lipinski definition) is 6. The minimum Gasteiger partial charge on any atom is -0.508 e. The number of carbonyl (C=O) groups excluding carboxylic acids is 2. The lowest BCUT2D eigenvalue weighted by molar-refractivity contribution is -0.139. The number of nitrogens with two attached hydrogens (primary N) is 1. The molecule has 2 atom stereocenters. The van der Waals surface area contributed by atoms with Gasteiger partial charge in [-0.25, -0.2) is 4.79 Å². The van der Waals surface area contributed by atoms with Crippen molar-refractivity contribution in [3.05, 3.63) is 102 Å². The Kier molecular flexibility index (Phi) is 9.77. The molecule has 0 fully saturated rings. The molecule has 0 radical (unpaired) electrons. The number of benzene rings is 4. The Bertz CT molecular complexity index is 1570. The van der Waals surface area contributed by atoms with Crippen molar-refractivity contribution < 1.29 is 29.3 Å². The van der Waals surface area contributed by atoms with E-state index in [9.17, 15) is 24.6 Å². The number of carboxylic acid groups (broad SMARTS) is 1. The zero-order chi connectivity index (χ0) is 30.2. The maximum atomic E-state index is 13.2. The number of amides is 2. The number of ether oxygens (including phenoxy) is 1. The number of phenolic OH excluding ortho intramolecular Hbond substituents is 1. The SMILES string of the molecule is CC(C)COc1cc(C(=O)N[C@@H](Cc2ccc3ccccc3c2)C(=O)O)ccc1NC(=O)[C@@H](N)Cc1ccc(O)cc1. The fraction of sp³-hybridized carbons (Fsp3) is 0.242. The van der Waals surface area contributed by atoms with Gasteiger partial charge in [-0.1, -0.05) is 68.4 Å². The summed E-state index contributed by atoms with van der Waals surface area (Å²) in [5, 5.41) is 26.7. The van der Waals surface area contributed by atoms with Crippen LogP contribution in [0.25, 0.3) is 10.8 Å². The minimum atomic E-state index is -1.16. The van der Waals surface area contributed by atoms with Crippen molar-refractivity contribution in [3.8, 4) is 11.5 Å². The van der Waals surface area contributed by atoms with Crippen molar-refractivity contribution in [3.63, 3.8) is 0 Å². The van der Waals surface area contributed by atoms with Gasteiger partial charge < -0.3 is 31.3 Å². The summed E-state index contributed by atoms with van der Waals surface area (Å²) >= 11 is 0. The van der Waals surface area contributed by atoms with Gasteiger partial charge in [-0.05, 0) is 64.6 Å². The van der Waals surface area contributed by atoms with E-state index in [4.69, 9.17) is 10.5 Å². The van der Waals surface area contributed by atoms with Gasteiger partial charge in [0.1, 0.15) is 17.5 Å². The van der Waals surface area contributed by atoms with E-state index in [-0.39, 0.29) is 35.8 Å². The van der Waals surface area contributed by atoms with Crippen LogP contribution in [0.1, 0.15) is 35.3 Å². The van der Waals surface area contributed by atoms with Gasteiger partial charge in [-0.3, -0.25) is 9.59 Å². The highest BCUT2D eigenvalue weighted by atomic mass is 16.5. The summed E-state index contributed by atoms with van der Waals surface area (Å²) in [4.78, 5) is 38.1. The van der Waals surface area contributed by atoms with Crippen molar-refractivity contribution in [2.24, 2.45) is 11.7 Å². The van der Waals surface area contributed by atoms with Crippen molar-refractivity contribution in [2.75, 3.05) is 11.9 Å². The smallest absolute Gasteiger partial charge is 0.326 e. The van der Waals surface area contributed by atoms with Gasteiger partial charge in [0.2, 0.25) is 5.91 Å². The fourth-order valence-corrected chi connectivity index (χ4v) is 4.39. The Balaban J connectivity index is 1.48. The highest BCUT2D eigenvalue weighted by molar-refractivity contribution is 6.00. The number of carboxylic acids is 1. The van der Waals surface area contributed by atoms with E-state index >= 15 is 0 Å². The van der Waals surface area contributed by atoms with E-state index in [1.54, 1.807) is 12.1 Å². The number of carbonyl (C=O) groups is 3. The number of nitrogens with one attached hydrogen (secondary N) is 2. The third-order valence-electron chi connectivity index (χ3n) is 6.66. The zero-order valence-electron chi connectivity index (χ0n) is 23.5. The lowest BCUT2D eigenvalue weighted by Gasteiger charge is -2.19. The second-order valence-electron chi connectivity index (χ2n) is 10.6. The molecule has 9 heteroatoms. The van der Waals surface area contributed by atoms with Crippen molar-refractivity contribution in [2.45, 2.75) is 38.8 Å². The Morgan fingerprint density at radius 2 is 1.55 bits per heavy atom. The Hall–Kier alpha value is -4.89. The molecule has 0 spiro atoms. The zero-order valence-corrected chi connectivity index (χ0v) is 23.5. The van der Waals surface area contributed by atoms with Crippen molar-refractivity contribution >= 4 is 34.2 Å². The van der Waals surface area contributed by atoms with Crippen molar-refractivity contribution in [1.82, 2.24) is 5.32 Å². The molecule has 0 aliphatic carbocycles. The number of rotatable bonds is 12. The number of hydrogen-bond donors (Lipinski definition) is 5. The quantitative estimate of drug-likeness (QED) is 0.168. The first-order valence-electron chi connectivity index (χ1n) is 13.7. The minimum absolute atomic E-state index is 0.107. The summed E-state index contributed by atoms with van der Waals surface area (Å²) in [7, 11) is 0. The molecule has 0 aliphatic heterocycles. The van der Waals surface area contributed by atoms with Gasteiger partial charge in [-0.15, -0.1) is 0 Å². The first kappa shape index (κ1) is 30.1. The predicted octanol–water partition coefficient (Wildman–Crippen LogP) is 4.51. The summed E-state index contributed by atoms with van der Waals surface area (Å²) in [5.41, 5.74) is 8.22. The van der Waals surface area contributed by atoms with Gasteiger partial charge in [0.05, 0.1) is 18.3 Å². The molecule has 9 nitrogen and oxygen atoms in total. The van der Waals surface area contributed by atoms with E-state index in [0.29, 0.717) is 12.3 Å². The lowest BCUT2D eigenvalue weighted by atomic mass is 10.0. The van der Waals surface area contributed by atoms with Crippen LogP contribution in [-0.2, 0) is 22.4 Å². The van der Waals surface area contributed by atoms with Crippen LogP contribution in [0.3, 0.4) is 0 Å². The molecule has 4 aromatic carbocycles. The number of aliphatic carboxylic acids is 1. The van der Waals surface area contributed by atoms with Crippen LogP contribution in [0.2, 0.25) is 0 Å². The molecule has 4 aromatic rings. The highest BCUT2D eigenvalue weighted by Crippen LogP contribution is 2.27. The molecule has 42 heavy (non-hydrogen) atoms. The summed E-state index contributed by atoms with van der Waals surface area (Å²) in [6.07, 6.45) is 0.359. The molecule has 0 unspecified atom stereocenters. The topological polar surface area (TPSA) is 151 Å². The van der Waals surface area contributed by atoms with Crippen LogP contribution in [0.15, 0.2) is 84.9 Å². The van der Waals surface area contributed by atoms with Gasteiger partial charge in [0.25, 0.3) is 5.91 Å². The van der Waals surface area contributed by atoms with Crippen LogP contribution in [-0.4, -0.2) is 46.7 Å². The number of aromatic hydroxyl groups is 1. The monoisotopic (exact) mass is 569 g/mol. The second kappa shape index (κ2) is 13.6. The molecule has 2 amide bonds. The maximum Gasteiger partial charge on any atom is 0.326 e. The molecule has 0 heterocycles. The predicted molar refractivity (Wildman–Crippen MR) is 162 cm³/mol. The van der Waals surface area contributed by atoms with Crippen LogP contribution in [0.4, 0.5) is 5.69 Å². The number of anilines is 1. The van der Waals surface area contributed by atoms with E-state index in [0.717, 1.165) is 21.9 Å². The van der Waals surface area contributed by atoms with E-state index < -0.39 is 29.9 Å². The molecule has 6 N–H and O–H groups in total. The van der Waals surface area contributed by atoms with E-state index in [1.165, 1.54) is 30.3 Å². The van der Waals surface area contributed by atoms with Gasteiger partial charge in [0.15, 0.2) is 0 Å². The average molecular weight is 570 g/mol. The summed E-state index contributed by atoms with van der Waals surface area (Å²) in [6.45, 7) is 4.26. The van der Waals surface area contributed by atoms with Crippen LogP contribution < -0.4 is 21.1 Å². The van der Waals surface area contributed by atoms with Gasteiger partial charge in [0, 0.05) is 12.0 Å². The average Bonchev–Trinajstić information content (AvgIpc) is 2.97. The summed E-state index contributed by atoms with van der Waals surface area (Å²) < 4.78 is 5.91. The molecular formula is C33H35N3O6. The largest absolute Gasteiger partial charge is 0.508 e. The first-order valence-corrected chi connectivity index (χ1v) is 13.7. The third kappa shape index (κ3) is 8.08. The third-order valence-corrected chi connectivity index (χ3v) is 6.66. The Morgan fingerprint density at radius 1 is 0.857 bits per heavy atom. The fourth-order valence-electron chi connectivity index (χ4n) is 4.39. The molecule has 0 saturated carbocycles. The molecule has 0 saturated heterocycles. The maximum absolute atomic E-state index is 13.2. The van der Waals surface area contributed by atoms with Gasteiger partial charge in [-0.2, -0.15) is 0 Å². The molecule has 0 aliphatic rings. The van der Waals surface area contributed by atoms with Gasteiger partial charge >= 0.3 is 5.97 Å². The van der Waals surface area contributed by atoms with Crippen LogP contribution in [0.5, 0.6) is 11.5 Å². The number of phenols is 1. The van der Waals surface area contributed by atoms with E-state index in [2.05, 4.69) is 10.6 Å². The Labute approximate surface area is 244 Å². The molecule has 0 bridgehead atoms. The first-order chi connectivity index (χ1) is 20.1. The lowest BCUT2D eigenvalue weighted by Crippen LogP contribution is -2.42. The summed E-state index contributed by atoms with van der Waals surface area (Å²) in [5.74, 6) is -1.63. The van der Waals surface area contributed by atoms with Crippen LogP contribution >= 0.6 is 0 Å². The standard InChI is InChI=1S/C33H35N3O6/c1-20(2)19-42-30-18-25(11-14-28(30)35-32(39)27(34)16-21-8-12-26(37)13-9-21)31(38)36-29(33(40)41)17-22-7-10-23-5-3-4-6-24(23)15-22/h3-15,18,20,27,29,37H,16-17,19,34H2,1-2H3,(H,35,39)(H,36,38)(H,40,41)/t27-,29-/m0/s1. The summed E-state index contributed by atoms with van der Waals surface area (Å²) in [6, 6.07) is 22.4. The molecule has 0 aromatic heterocycles.